The van der Waals surface area contributed by atoms with Crippen LogP contribution >= 0.6 is 0 Å². The van der Waals surface area contributed by atoms with Crippen LogP contribution in [0.3, 0.4) is 0 Å². The topological polar surface area (TPSA) is 23.8 Å². The van der Waals surface area contributed by atoms with E-state index >= 15 is 0 Å². The summed E-state index contributed by atoms with van der Waals surface area (Å²) < 4.78 is 1.12. The summed E-state index contributed by atoms with van der Waals surface area (Å²) in [4.78, 5) is 0. The van der Waals surface area contributed by atoms with Gasteiger partial charge in [0.25, 0.3) is 0 Å². The van der Waals surface area contributed by atoms with E-state index in [4.69, 9.17) is 5.26 Å². The molecule has 0 N–H and O–H groups in total. The Bertz CT molecular complexity index is 347. The fraction of sp³-hybridized carbons (Fsp3) is 0.500. The van der Waals surface area contributed by atoms with Gasteiger partial charge >= 0.3 is 0 Å². The van der Waals surface area contributed by atoms with Crippen molar-refractivity contribution in [2.24, 2.45) is 0 Å². The Morgan fingerprint density at radius 1 is 1.00 bits per heavy atom. The highest BCUT2D eigenvalue weighted by molar-refractivity contribution is 5.31. The maximum atomic E-state index is 8.75. The molecule has 0 atom stereocenters. The molecule has 0 aliphatic rings. The average Bonchev–Trinajstić information content (AvgIpc) is 2.37. The smallest absolute Gasteiger partial charge is 0.104 e. The van der Waals surface area contributed by atoms with Crippen molar-refractivity contribution in [3.63, 3.8) is 0 Å². The van der Waals surface area contributed by atoms with Crippen molar-refractivity contribution in [2.75, 3.05) is 19.6 Å². The fourth-order valence-corrected chi connectivity index (χ4v) is 2.08. The fourth-order valence-electron chi connectivity index (χ4n) is 2.08. The molecular formula is C14H21N2+. The van der Waals surface area contributed by atoms with E-state index < -0.39 is 0 Å². The van der Waals surface area contributed by atoms with Crippen molar-refractivity contribution in [2.45, 2.75) is 27.3 Å². The lowest BCUT2D eigenvalue weighted by atomic mass is 10.1. The number of nitriles is 1. The molecule has 0 aliphatic carbocycles. The molecule has 0 spiro atoms. The maximum Gasteiger partial charge on any atom is 0.104 e. The highest BCUT2D eigenvalue weighted by Gasteiger charge is 2.20. The van der Waals surface area contributed by atoms with Crippen LogP contribution in [0.5, 0.6) is 0 Å². The Hall–Kier alpha value is -1.33. The monoisotopic (exact) mass is 217 g/mol. The van der Waals surface area contributed by atoms with Crippen molar-refractivity contribution in [3.8, 4) is 6.07 Å². The van der Waals surface area contributed by atoms with Gasteiger partial charge in [-0.3, -0.25) is 0 Å². The van der Waals surface area contributed by atoms with Crippen LogP contribution in [-0.4, -0.2) is 24.1 Å². The Morgan fingerprint density at radius 3 is 1.88 bits per heavy atom. The highest BCUT2D eigenvalue weighted by atomic mass is 15.3. The van der Waals surface area contributed by atoms with Crippen molar-refractivity contribution < 1.29 is 4.48 Å². The van der Waals surface area contributed by atoms with E-state index in [1.165, 1.54) is 5.56 Å². The van der Waals surface area contributed by atoms with Crippen LogP contribution in [-0.2, 0) is 6.54 Å². The first-order valence-electron chi connectivity index (χ1n) is 6.03. The van der Waals surface area contributed by atoms with Gasteiger partial charge in [0.1, 0.15) is 6.54 Å². The van der Waals surface area contributed by atoms with Gasteiger partial charge in [-0.05, 0) is 32.9 Å². The average molecular weight is 217 g/mol. The Kier molecular flexibility index (Phi) is 4.52. The van der Waals surface area contributed by atoms with Gasteiger partial charge in [0.2, 0.25) is 0 Å². The zero-order chi connectivity index (χ0) is 12.0. The first-order chi connectivity index (χ1) is 7.69. The van der Waals surface area contributed by atoms with Gasteiger partial charge in [-0.25, -0.2) is 0 Å². The Morgan fingerprint density at radius 2 is 1.50 bits per heavy atom. The molecular weight excluding hydrogens is 196 g/mol. The third-order valence-corrected chi connectivity index (χ3v) is 3.61. The van der Waals surface area contributed by atoms with Crippen molar-refractivity contribution in [3.05, 3.63) is 35.4 Å². The summed E-state index contributed by atoms with van der Waals surface area (Å²) in [6, 6.07) is 10.1. The second kappa shape index (κ2) is 5.67. The van der Waals surface area contributed by atoms with Crippen LogP contribution in [0.2, 0.25) is 0 Å². The third-order valence-electron chi connectivity index (χ3n) is 3.61. The summed E-state index contributed by atoms with van der Waals surface area (Å²) in [5, 5.41) is 8.75. The first-order valence-corrected chi connectivity index (χ1v) is 6.03. The number of benzene rings is 1. The summed E-state index contributed by atoms with van der Waals surface area (Å²) in [7, 11) is 0. The summed E-state index contributed by atoms with van der Waals surface area (Å²) in [6.07, 6.45) is 0. The maximum absolute atomic E-state index is 8.75. The van der Waals surface area contributed by atoms with Gasteiger partial charge in [-0.15, -0.1) is 0 Å². The molecule has 0 amide bonds. The second-order valence-corrected chi connectivity index (χ2v) is 4.26. The molecule has 0 heterocycles. The summed E-state index contributed by atoms with van der Waals surface area (Å²) in [5.74, 6) is 0. The van der Waals surface area contributed by atoms with Crippen LogP contribution in [0.25, 0.3) is 0 Å². The van der Waals surface area contributed by atoms with E-state index in [9.17, 15) is 0 Å². The van der Waals surface area contributed by atoms with Crippen molar-refractivity contribution in [1.29, 1.82) is 5.26 Å². The predicted molar refractivity (Wildman–Crippen MR) is 66.7 cm³/mol. The van der Waals surface area contributed by atoms with Gasteiger partial charge < -0.3 is 4.48 Å². The molecule has 2 heteroatoms. The van der Waals surface area contributed by atoms with Gasteiger partial charge in [-0.2, -0.15) is 5.26 Å². The molecule has 1 aromatic rings. The quantitative estimate of drug-likeness (QED) is 0.696. The van der Waals surface area contributed by atoms with Gasteiger partial charge in [-0.1, -0.05) is 12.1 Å². The lowest BCUT2D eigenvalue weighted by Gasteiger charge is -2.35. The zero-order valence-electron chi connectivity index (χ0n) is 10.5. The molecule has 0 saturated heterocycles. The molecule has 16 heavy (non-hydrogen) atoms. The molecule has 0 radical (unpaired) electrons. The Balaban J connectivity index is 2.82. The lowest BCUT2D eigenvalue weighted by Crippen LogP contribution is -2.46. The summed E-state index contributed by atoms with van der Waals surface area (Å²) >= 11 is 0. The Labute approximate surface area is 98.7 Å². The molecule has 0 aromatic heterocycles. The minimum atomic E-state index is 0.742. The van der Waals surface area contributed by atoms with Gasteiger partial charge in [0, 0.05) is 5.56 Å². The molecule has 0 fully saturated rings. The molecule has 1 rings (SSSR count). The minimum absolute atomic E-state index is 0.742. The molecule has 1 aromatic carbocycles. The van der Waals surface area contributed by atoms with Crippen molar-refractivity contribution >= 4 is 0 Å². The van der Waals surface area contributed by atoms with Gasteiger partial charge in [0.05, 0.1) is 31.3 Å². The van der Waals surface area contributed by atoms with E-state index in [1.54, 1.807) is 0 Å². The largest absolute Gasteiger partial charge is 0.321 e. The van der Waals surface area contributed by atoms with Crippen LogP contribution in [0.1, 0.15) is 31.9 Å². The van der Waals surface area contributed by atoms with E-state index in [0.717, 1.165) is 36.2 Å². The summed E-state index contributed by atoms with van der Waals surface area (Å²) in [5.41, 5.74) is 2.07. The van der Waals surface area contributed by atoms with E-state index in [-0.39, 0.29) is 0 Å². The first kappa shape index (κ1) is 12.7. The number of hydrogen-bond acceptors (Lipinski definition) is 1. The van der Waals surface area contributed by atoms with Crippen LogP contribution < -0.4 is 0 Å². The van der Waals surface area contributed by atoms with Gasteiger partial charge in [0.15, 0.2) is 0 Å². The molecule has 0 saturated carbocycles. The van der Waals surface area contributed by atoms with E-state index in [2.05, 4.69) is 39.0 Å². The minimum Gasteiger partial charge on any atom is -0.321 e. The molecule has 0 aliphatic heterocycles. The van der Waals surface area contributed by atoms with Crippen LogP contribution in [0, 0.1) is 11.3 Å². The second-order valence-electron chi connectivity index (χ2n) is 4.26. The predicted octanol–water partition coefficient (Wildman–Crippen LogP) is 2.93. The van der Waals surface area contributed by atoms with E-state index in [0.29, 0.717) is 0 Å². The molecule has 2 nitrogen and oxygen atoms in total. The van der Waals surface area contributed by atoms with E-state index in [1.807, 2.05) is 12.1 Å². The zero-order valence-corrected chi connectivity index (χ0v) is 10.5. The number of hydrogen-bond donors (Lipinski definition) is 0. The third kappa shape index (κ3) is 2.84. The lowest BCUT2D eigenvalue weighted by molar-refractivity contribution is -0.936. The number of nitrogens with zero attached hydrogens (tertiary/aromatic N) is 2. The highest BCUT2D eigenvalue weighted by Crippen LogP contribution is 2.14. The molecule has 86 valence electrons. The van der Waals surface area contributed by atoms with Crippen LogP contribution in [0.4, 0.5) is 0 Å². The number of rotatable bonds is 5. The molecule has 0 bridgehead atoms. The van der Waals surface area contributed by atoms with Crippen LogP contribution in [0.15, 0.2) is 24.3 Å². The van der Waals surface area contributed by atoms with Crippen molar-refractivity contribution in [1.82, 2.24) is 0 Å². The number of quaternary nitrogens is 1. The molecule has 0 unspecified atom stereocenters. The summed E-state index contributed by atoms with van der Waals surface area (Å²) in [6.45, 7) is 11.3. The normalized spacial score (nSPS) is 11.1. The SMILES string of the molecule is CC[N+](CC)(CC)Cc1ccc(C#N)cc1. The standard InChI is InChI=1S/C14H21N2/c1-4-16(5-2,6-3)12-14-9-7-13(11-15)8-10-14/h7-10H,4-6,12H2,1-3H3/q+1.